The van der Waals surface area contributed by atoms with Gasteiger partial charge in [-0.3, -0.25) is 4.90 Å². The topological polar surface area (TPSA) is 95.4 Å². The second-order valence-corrected chi connectivity index (χ2v) is 11.4. The van der Waals surface area contributed by atoms with Crippen LogP contribution in [0.4, 0.5) is 4.79 Å². The van der Waals surface area contributed by atoms with E-state index in [0.29, 0.717) is 11.6 Å². The van der Waals surface area contributed by atoms with Gasteiger partial charge in [-0.1, -0.05) is 36.4 Å². The quantitative estimate of drug-likeness (QED) is 0.382. The van der Waals surface area contributed by atoms with Gasteiger partial charge in [0.25, 0.3) is 0 Å². The molecule has 3 aromatic rings. The van der Waals surface area contributed by atoms with Crippen molar-refractivity contribution >= 4 is 12.0 Å². The van der Waals surface area contributed by atoms with Crippen molar-refractivity contribution in [2.75, 3.05) is 32.8 Å². The van der Waals surface area contributed by atoms with Gasteiger partial charge >= 0.3 is 12.0 Å². The largest absolute Gasteiger partial charge is 0.478 e. The van der Waals surface area contributed by atoms with E-state index in [1.165, 1.54) is 17.7 Å². The smallest absolute Gasteiger partial charge is 0.335 e. The number of amides is 2. The Kier molecular flexibility index (Phi) is 8.39. The van der Waals surface area contributed by atoms with Gasteiger partial charge in [0.2, 0.25) is 5.88 Å². The summed E-state index contributed by atoms with van der Waals surface area (Å²) in [6.07, 6.45) is 3.70. The number of aryl methyl sites for hydroxylation is 1. The van der Waals surface area contributed by atoms with E-state index in [0.717, 1.165) is 76.3 Å². The van der Waals surface area contributed by atoms with E-state index in [1.54, 1.807) is 12.1 Å². The summed E-state index contributed by atoms with van der Waals surface area (Å²) in [5, 5.41) is 9.09. The number of rotatable bonds is 8. The fourth-order valence-corrected chi connectivity index (χ4v) is 6.46. The third-order valence-corrected chi connectivity index (χ3v) is 8.83. The Morgan fingerprint density at radius 1 is 0.952 bits per heavy atom. The van der Waals surface area contributed by atoms with E-state index in [4.69, 9.17) is 14.6 Å². The molecule has 6 rings (SSSR count). The van der Waals surface area contributed by atoms with Crippen molar-refractivity contribution in [3.8, 4) is 11.6 Å². The molecule has 9 heteroatoms. The summed E-state index contributed by atoms with van der Waals surface area (Å²) in [4.78, 5) is 36.3. The van der Waals surface area contributed by atoms with Crippen LogP contribution in [0.25, 0.3) is 0 Å². The van der Waals surface area contributed by atoms with Gasteiger partial charge in [-0.2, -0.15) is 0 Å². The molecule has 220 valence electrons. The van der Waals surface area contributed by atoms with E-state index in [2.05, 4.69) is 50.0 Å². The third kappa shape index (κ3) is 6.12. The lowest BCUT2D eigenvalue weighted by atomic mass is 9.98. The van der Waals surface area contributed by atoms with Gasteiger partial charge in [-0.15, -0.1) is 0 Å². The van der Waals surface area contributed by atoms with Gasteiger partial charge in [0.05, 0.1) is 11.6 Å². The molecule has 3 fully saturated rings. The number of hydrogen-bond donors (Lipinski definition) is 1. The van der Waals surface area contributed by atoms with Gasteiger partial charge in [0.15, 0.2) is 0 Å². The zero-order valence-electron chi connectivity index (χ0n) is 24.0. The number of ether oxygens (including phenoxy) is 2. The van der Waals surface area contributed by atoms with Crippen LogP contribution >= 0.6 is 0 Å². The summed E-state index contributed by atoms with van der Waals surface area (Å²) < 4.78 is 11.4. The lowest BCUT2D eigenvalue weighted by Gasteiger charge is -2.39. The van der Waals surface area contributed by atoms with Crippen molar-refractivity contribution in [1.82, 2.24) is 19.7 Å². The van der Waals surface area contributed by atoms with Crippen LogP contribution in [-0.4, -0.2) is 81.7 Å². The first-order valence-corrected chi connectivity index (χ1v) is 14.9. The summed E-state index contributed by atoms with van der Waals surface area (Å²) in [7, 11) is 0. The number of aromatic carboxylic acids is 1. The van der Waals surface area contributed by atoms with Crippen LogP contribution < -0.4 is 4.74 Å². The number of urea groups is 1. The summed E-state index contributed by atoms with van der Waals surface area (Å²) >= 11 is 0. The van der Waals surface area contributed by atoms with Crippen LogP contribution in [0.2, 0.25) is 0 Å². The van der Waals surface area contributed by atoms with Gasteiger partial charge in [-0.05, 0) is 68.0 Å². The van der Waals surface area contributed by atoms with Crippen molar-refractivity contribution in [2.24, 2.45) is 0 Å². The number of pyridine rings is 1. The second kappa shape index (κ2) is 12.5. The fraction of sp³-hybridized carbons (Fsp3) is 0.424. The maximum atomic E-state index is 13.9. The highest BCUT2D eigenvalue weighted by Crippen LogP contribution is 2.37. The molecule has 2 aromatic carbocycles. The zero-order valence-corrected chi connectivity index (χ0v) is 24.0. The number of piperidine rings is 1. The van der Waals surface area contributed by atoms with Crippen molar-refractivity contribution < 1.29 is 24.2 Å². The highest BCUT2D eigenvalue weighted by Gasteiger charge is 2.45. The Morgan fingerprint density at radius 2 is 1.67 bits per heavy atom. The van der Waals surface area contributed by atoms with Crippen LogP contribution in [-0.2, 0) is 11.3 Å². The van der Waals surface area contributed by atoms with Crippen molar-refractivity contribution in [3.63, 3.8) is 0 Å². The number of carbonyl (C=O) groups is 2. The number of carbonyl (C=O) groups excluding carboxylic acids is 1. The van der Waals surface area contributed by atoms with Crippen LogP contribution in [0.5, 0.6) is 11.6 Å². The molecule has 3 aliphatic rings. The highest BCUT2D eigenvalue weighted by molar-refractivity contribution is 5.87. The summed E-state index contributed by atoms with van der Waals surface area (Å²) in [5.41, 5.74) is 3.48. The molecular formula is C33H38N4O5. The minimum Gasteiger partial charge on any atom is -0.478 e. The molecule has 0 spiro atoms. The molecule has 0 radical (unpaired) electrons. The Hall–Kier alpha value is -3.95. The molecule has 9 nitrogen and oxygen atoms in total. The number of hydrogen-bond acceptors (Lipinski definition) is 6. The summed E-state index contributed by atoms with van der Waals surface area (Å²) in [6.45, 7) is 6.82. The van der Waals surface area contributed by atoms with E-state index in [-0.39, 0.29) is 29.7 Å². The fourth-order valence-electron chi connectivity index (χ4n) is 6.46. The SMILES string of the molecule is Cc1nc(Oc2ccc(C(=O)O)cc2)ccc1CN1CCC(N2C(=O)N(C3CCOCC3)CC2c2ccccc2)CC1. The number of carboxylic acids is 1. The molecule has 42 heavy (non-hydrogen) atoms. The van der Waals surface area contributed by atoms with E-state index >= 15 is 0 Å². The predicted molar refractivity (Wildman–Crippen MR) is 158 cm³/mol. The highest BCUT2D eigenvalue weighted by atomic mass is 16.5. The van der Waals surface area contributed by atoms with Gasteiger partial charge in [0.1, 0.15) is 5.75 Å². The standard InChI is InChI=1S/C33H38N4O5/c1-23-26(9-12-31(34-23)42-29-10-7-25(8-11-29)32(38)39)21-35-17-13-28(14-18-35)37-30(24-5-3-2-4-6-24)22-36(33(37)40)27-15-19-41-20-16-27/h2-12,27-28,30H,13-22H2,1H3,(H,38,39). The molecule has 1 N–H and O–H groups in total. The average Bonchev–Trinajstić information content (AvgIpc) is 3.37. The summed E-state index contributed by atoms with van der Waals surface area (Å²) in [6, 6.07) is 21.4. The number of likely N-dealkylation sites (tertiary alicyclic amines) is 1. The van der Waals surface area contributed by atoms with E-state index in [1.807, 2.05) is 19.1 Å². The van der Waals surface area contributed by atoms with E-state index in [9.17, 15) is 9.59 Å². The number of nitrogens with zero attached hydrogens (tertiary/aromatic N) is 4. The Labute approximate surface area is 246 Å². The van der Waals surface area contributed by atoms with Crippen LogP contribution in [0.3, 0.4) is 0 Å². The molecule has 1 unspecified atom stereocenters. The van der Waals surface area contributed by atoms with Crippen LogP contribution in [0, 0.1) is 6.92 Å². The number of carboxylic acid groups (broad SMARTS) is 1. The van der Waals surface area contributed by atoms with Crippen LogP contribution in [0.1, 0.15) is 58.9 Å². The first-order chi connectivity index (χ1) is 20.5. The number of aromatic nitrogens is 1. The normalized spacial score (nSPS) is 20.7. The Balaban J connectivity index is 1.08. The molecule has 1 atom stereocenters. The Bertz CT molecular complexity index is 1390. The first-order valence-electron chi connectivity index (χ1n) is 14.9. The maximum Gasteiger partial charge on any atom is 0.335 e. The second-order valence-electron chi connectivity index (χ2n) is 11.4. The molecular weight excluding hydrogens is 532 g/mol. The molecule has 0 saturated carbocycles. The van der Waals surface area contributed by atoms with Gasteiger partial charge in [-0.25, -0.2) is 14.6 Å². The summed E-state index contributed by atoms with van der Waals surface area (Å²) in [5.74, 6) is 0.0536. The molecule has 1 aromatic heterocycles. The number of benzene rings is 2. The monoisotopic (exact) mass is 570 g/mol. The third-order valence-electron chi connectivity index (χ3n) is 8.83. The molecule has 0 aliphatic carbocycles. The lowest BCUT2D eigenvalue weighted by molar-refractivity contribution is 0.0493. The van der Waals surface area contributed by atoms with E-state index < -0.39 is 5.97 Å². The Morgan fingerprint density at radius 3 is 2.33 bits per heavy atom. The van der Waals surface area contributed by atoms with Gasteiger partial charge < -0.3 is 24.4 Å². The zero-order chi connectivity index (χ0) is 29.1. The lowest BCUT2D eigenvalue weighted by Crippen LogP contribution is -2.48. The van der Waals surface area contributed by atoms with Crippen molar-refractivity contribution in [2.45, 2.75) is 57.3 Å². The van der Waals surface area contributed by atoms with Crippen molar-refractivity contribution in [3.05, 3.63) is 89.1 Å². The predicted octanol–water partition coefficient (Wildman–Crippen LogP) is 5.50. The van der Waals surface area contributed by atoms with Crippen LogP contribution in [0.15, 0.2) is 66.7 Å². The maximum absolute atomic E-state index is 13.9. The molecule has 0 bridgehead atoms. The first kappa shape index (κ1) is 28.2. The minimum absolute atomic E-state index is 0.0809. The average molecular weight is 571 g/mol. The molecule has 4 heterocycles. The molecule has 3 aliphatic heterocycles. The minimum atomic E-state index is -0.969. The van der Waals surface area contributed by atoms with Crippen molar-refractivity contribution in [1.29, 1.82) is 0 Å². The molecule has 3 saturated heterocycles. The van der Waals surface area contributed by atoms with Gasteiger partial charge in [0, 0.05) is 63.2 Å². The molecule has 2 amide bonds.